The Bertz CT molecular complexity index is 948. The molecular formula is C21H27NO7S. The van der Waals surface area contributed by atoms with Gasteiger partial charge in [0.1, 0.15) is 17.8 Å². The molecule has 0 aliphatic rings. The number of aldehydes is 1. The molecule has 0 radical (unpaired) electrons. The number of nitrogens with one attached hydrogen (secondary N) is 1. The maximum atomic E-state index is 12.7. The standard InChI is InChI=1S/C21H27NO7S/c1-28-18-10-17(13-25)19(21(11-18)29-2)5-8-30(26,27)14-15-3-4-16(12-24)20(9-15)22-6-7-23/h3-4,7,9-11,22,24-25H,5-6,8,12-14H2,1-2H3. The lowest BCUT2D eigenvalue weighted by molar-refractivity contribution is -0.106. The van der Waals surface area contributed by atoms with Crippen LogP contribution in [-0.4, -0.2) is 51.4 Å². The Hall–Kier alpha value is -2.62. The van der Waals surface area contributed by atoms with E-state index >= 15 is 0 Å². The summed E-state index contributed by atoms with van der Waals surface area (Å²) in [6.45, 7) is -0.433. The molecule has 2 aromatic rings. The highest BCUT2D eigenvalue weighted by Gasteiger charge is 2.18. The van der Waals surface area contributed by atoms with E-state index in [2.05, 4.69) is 5.32 Å². The fourth-order valence-corrected chi connectivity index (χ4v) is 4.50. The van der Waals surface area contributed by atoms with E-state index < -0.39 is 9.84 Å². The summed E-state index contributed by atoms with van der Waals surface area (Å²) >= 11 is 0. The van der Waals surface area contributed by atoms with Gasteiger partial charge in [0.15, 0.2) is 9.84 Å². The third-order valence-corrected chi connectivity index (χ3v) is 6.27. The molecule has 9 heteroatoms. The lowest BCUT2D eigenvalue weighted by Gasteiger charge is -2.15. The van der Waals surface area contributed by atoms with Gasteiger partial charge in [0.05, 0.1) is 45.5 Å². The Kier molecular flexibility index (Phi) is 8.64. The molecule has 0 aliphatic carbocycles. The first kappa shape index (κ1) is 23.7. The van der Waals surface area contributed by atoms with E-state index in [0.717, 1.165) is 0 Å². The molecule has 0 heterocycles. The highest BCUT2D eigenvalue weighted by Crippen LogP contribution is 2.30. The summed E-state index contributed by atoms with van der Waals surface area (Å²) in [5.41, 5.74) is 2.82. The zero-order valence-electron chi connectivity index (χ0n) is 17.1. The zero-order chi connectivity index (χ0) is 22.1. The van der Waals surface area contributed by atoms with E-state index in [9.17, 15) is 23.4 Å². The van der Waals surface area contributed by atoms with Crippen molar-refractivity contribution in [2.45, 2.75) is 25.4 Å². The van der Waals surface area contributed by atoms with E-state index in [1.165, 1.54) is 14.2 Å². The normalized spacial score (nSPS) is 11.2. The minimum atomic E-state index is -3.48. The predicted octanol–water partition coefficient (Wildman–Crippen LogP) is 1.46. The molecule has 0 atom stereocenters. The Morgan fingerprint density at radius 1 is 1.03 bits per heavy atom. The van der Waals surface area contributed by atoms with E-state index in [0.29, 0.717) is 45.7 Å². The number of carbonyl (C=O) groups excluding carboxylic acids is 1. The van der Waals surface area contributed by atoms with Gasteiger partial charge in [-0.3, -0.25) is 0 Å². The number of benzene rings is 2. The molecule has 8 nitrogen and oxygen atoms in total. The quantitative estimate of drug-likeness (QED) is 0.427. The van der Waals surface area contributed by atoms with E-state index in [1.807, 2.05) is 0 Å². The van der Waals surface area contributed by atoms with Gasteiger partial charge >= 0.3 is 0 Å². The molecule has 0 saturated carbocycles. The van der Waals surface area contributed by atoms with Crippen molar-refractivity contribution in [3.63, 3.8) is 0 Å². The Morgan fingerprint density at radius 3 is 2.37 bits per heavy atom. The molecule has 164 valence electrons. The summed E-state index contributed by atoms with van der Waals surface area (Å²) in [6.07, 6.45) is 0.863. The maximum Gasteiger partial charge on any atom is 0.154 e. The highest BCUT2D eigenvalue weighted by molar-refractivity contribution is 7.90. The molecule has 0 spiro atoms. The molecule has 2 aromatic carbocycles. The summed E-state index contributed by atoms with van der Waals surface area (Å²) in [4.78, 5) is 10.6. The lowest BCUT2D eigenvalue weighted by atomic mass is 10.0. The fourth-order valence-electron chi connectivity index (χ4n) is 3.15. The lowest BCUT2D eigenvalue weighted by Crippen LogP contribution is -2.14. The van der Waals surface area contributed by atoms with Crippen LogP contribution in [0.5, 0.6) is 11.5 Å². The first-order valence-corrected chi connectivity index (χ1v) is 11.1. The zero-order valence-corrected chi connectivity index (χ0v) is 17.9. The molecule has 0 aromatic heterocycles. The van der Waals surface area contributed by atoms with Crippen molar-refractivity contribution < 1.29 is 32.9 Å². The second kappa shape index (κ2) is 11.0. The van der Waals surface area contributed by atoms with Crippen molar-refractivity contribution in [2.75, 3.05) is 31.8 Å². The van der Waals surface area contributed by atoms with Crippen molar-refractivity contribution in [1.29, 1.82) is 0 Å². The minimum absolute atomic E-state index is 0.0599. The molecule has 0 aliphatic heterocycles. The number of methoxy groups -OCH3 is 2. The van der Waals surface area contributed by atoms with Crippen molar-refractivity contribution in [3.8, 4) is 11.5 Å². The van der Waals surface area contributed by atoms with Gasteiger partial charge in [-0.2, -0.15) is 0 Å². The summed E-state index contributed by atoms with van der Waals surface area (Å²) < 4.78 is 36.0. The second-order valence-electron chi connectivity index (χ2n) is 6.66. The van der Waals surface area contributed by atoms with Gasteiger partial charge in [-0.05, 0) is 29.7 Å². The monoisotopic (exact) mass is 437 g/mol. The third kappa shape index (κ3) is 6.19. The molecule has 0 fully saturated rings. The van der Waals surface area contributed by atoms with Crippen LogP contribution in [0.25, 0.3) is 0 Å². The van der Waals surface area contributed by atoms with Gasteiger partial charge in [-0.25, -0.2) is 8.42 Å². The average molecular weight is 438 g/mol. The van der Waals surface area contributed by atoms with Crippen LogP contribution in [0, 0.1) is 0 Å². The van der Waals surface area contributed by atoms with Gasteiger partial charge in [0.25, 0.3) is 0 Å². The summed E-state index contributed by atoms with van der Waals surface area (Å²) in [7, 11) is -0.507. The number of rotatable bonds is 12. The average Bonchev–Trinajstić information content (AvgIpc) is 2.75. The van der Waals surface area contributed by atoms with E-state index in [4.69, 9.17) is 9.47 Å². The van der Waals surface area contributed by atoms with Crippen molar-refractivity contribution in [1.82, 2.24) is 0 Å². The molecule has 2 rings (SSSR count). The third-order valence-electron chi connectivity index (χ3n) is 4.67. The van der Waals surface area contributed by atoms with Crippen LogP contribution in [0.15, 0.2) is 30.3 Å². The predicted molar refractivity (Wildman–Crippen MR) is 114 cm³/mol. The molecule has 30 heavy (non-hydrogen) atoms. The van der Waals surface area contributed by atoms with Gasteiger partial charge in [-0.15, -0.1) is 0 Å². The Balaban J connectivity index is 2.19. The smallest absolute Gasteiger partial charge is 0.154 e. The molecule has 0 unspecified atom stereocenters. The number of anilines is 1. The molecule has 3 N–H and O–H groups in total. The van der Waals surface area contributed by atoms with Crippen LogP contribution in [0.4, 0.5) is 5.69 Å². The number of aliphatic hydroxyl groups is 2. The SMILES string of the molecule is COc1cc(CO)c(CCS(=O)(=O)Cc2ccc(CO)c(NCC=O)c2)c(OC)c1. The van der Waals surface area contributed by atoms with Crippen LogP contribution in [0.2, 0.25) is 0 Å². The van der Waals surface area contributed by atoms with Crippen LogP contribution < -0.4 is 14.8 Å². The topological polar surface area (TPSA) is 122 Å². The van der Waals surface area contributed by atoms with Gasteiger partial charge in [0, 0.05) is 22.9 Å². The fraction of sp³-hybridized carbons (Fsp3) is 0.381. The molecule has 0 bridgehead atoms. The van der Waals surface area contributed by atoms with Crippen LogP contribution in [-0.2, 0) is 40.0 Å². The summed E-state index contributed by atoms with van der Waals surface area (Å²) in [5, 5.41) is 21.9. The number of carbonyl (C=O) groups is 1. The van der Waals surface area contributed by atoms with Gasteiger partial charge in [-0.1, -0.05) is 12.1 Å². The van der Waals surface area contributed by atoms with E-state index in [1.54, 1.807) is 30.3 Å². The second-order valence-corrected chi connectivity index (χ2v) is 8.85. The van der Waals surface area contributed by atoms with Crippen molar-refractivity contribution >= 4 is 21.8 Å². The summed E-state index contributed by atoms with van der Waals surface area (Å²) in [6, 6.07) is 8.21. The van der Waals surface area contributed by atoms with Crippen molar-refractivity contribution in [2.24, 2.45) is 0 Å². The number of hydrogen-bond donors (Lipinski definition) is 3. The first-order valence-electron chi connectivity index (χ1n) is 9.32. The number of sulfone groups is 1. The van der Waals surface area contributed by atoms with Crippen LogP contribution in [0.3, 0.4) is 0 Å². The highest BCUT2D eigenvalue weighted by atomic mass is 32.2. The minimum Gasteiger partial charge on any atom is -0.497 e. The molecule has 0 saturated heterocycles. The largest absolute Gasteiger partial charge is 0.497 e. The molecule has 0 amide bonds. The maximum absolute atomic E-state index is 12.7. The Labute approximate surface area is 176 Å². The van der Waals surface area contributed by atoms with Crippen LogP contribution >= 0.6 is 0 Å². The van der Waals surface area contributed by atoms with E-state index in [-0.39, 0.29) is 37.7 Å². The molecular weight excluding hydrogens is 410 g/mol. The van der Waals surface area contributed by atoms with Crippen molar-refractivity contribution in [3.05, 3.63) is 52.6 Å². The van der Waals surface area contributed by atoms with Gasteiger partial charge in [0.2, 0.25) is 0 Å². The Morgan fingerprint density at radius 2 is 1.77 bits per heavy atom. The van der Waals surface area contributed by atoms with Crippen LogP contribution in [0.1, 0.15) is 22.3 Å². The first-order chi connectivity index (χ1) is 14.4. The number of aliphatic hydroxyl groups excluding tert-OH is 2. The van der Waals surface area contributed by atoms with Gasteiger partial charge < -0.3 is 29.8 Å². The number of hydrogen-bond acceptors (Lipinski definition) is 8. The number of ether oxygens (including phenoxy) is 2. The summed E-state index contributed by atoms with van der Waals surface area (Å²) in [5.74, 6) is 0.645.